The van der Waals surface area contributed by atoms with E-state index in [1.54, 1.807) is 23.1 Å². The fourth-order valence-electron chi connectivity index (χ4n) is 1.84. The largest absolute Gasteiger partial charge is 0.469 e. The molecule has 0 saturated carbocycles. The molecule has 0 fully saturated rings. The highest BCUT2D eigenvalue weighted by atomic mass is 16.3. The highest BCUT2D eigenvalue weighted by Crippen LogP contribution is 2.15. The zero-order chi connectivity index (χ0) is 11.7. The summed E-state index contributed by atoms with van der Waals surface area (Å²) in [6, 6.07) is 3.59. The van der Waals surface area contributed by atoms with E-state index >= 15 is 0 Å². The van der Waals surface area contributed by atoms with Crippen LogP contribution in [0.3, 0.4) is 0 Å². The van der Waals surface area contributed by atoms with Crippen molar-refractivity contribution in [2.45, 2.75) is 20.3 Å². The van der Waals surface area contributed by atoms with E-state index < -0.39 is 0 Å². The van der Waals surface area contributed by atoms with Crippen LogP contribution in [0.2, 0.25) is 0 Å². The third-order valence-corrected chi connectivity index (χ3v) is 2.70. The fourth-order valence-corrected chi connectivity index (χ4v) is 1.84. The van der Waals surface area contributed by atoms with E-state index in [1.807, 2.05) is 20.9 Å². The summed E-state index contributed by atoms with van der Waals surface area (Å²) in [6.07, 6.45) is 1.87. The molecule has 4 heteroatoms. The zero-order valence-corrected chi connectivity index (χ0v) is 9.65. The molecule has 2 heterocycles. The van der Waals surface area contributed by atoms with Gasteiger partial charge in [-0.15, -0.1) is 0 Å². The van der Waals surface area contributed by atoms with Crippen LogP contribution in [0.1, 0.15) is 27.5 Å². The second-order valence-electron chi connectivity index (χ2n) is 3.85. The number of carbonyl (C=O) groups excluding carboxylic acids is 1. The van der Waals surface area contributed by atoms with E-state index in [0.29, 0.717) is 17.7 Å². The number of aromatic nitrogens is 2. The predicted molar refractivity (Wildman–Crippen MR) is 59.4 cm³/mol. The van der Waals surface area contributed by atoms with Gasteiger partial charge in [-0.05, 0) is 26.0 Å². The third-order valence-electron chi connectivity index (χ3n) is 2.70. The molecule has 0 saturated heterocycles. The standard InChI is InChI=1S/C12H14N2O2/c1-8-12(9(2)14(3)13-8)11(15)7-10-5-4-6-16-10/h4-6H,7H2,1-3H3. The summed E-state index contributed by atoms with van der Waals surface area (Å²) in [6.45, 7) is 3.75. The predicted octanol–water partition coefficient (Wildman–Crippen LogP) is 2.06. The number of hydrogen-bond acceptors (Lipinski definition) is 3. The van der Waals surface area contributed by atoms with Gasteiger partial charge in [0.1, 0.15) is 5.76 Å². The SMILES string of the molecule is Cc1nn(C)c(C)c1C(=O)Cc1ccco1. The number of carbonyl (C=O) groups is 1. The highest BCUT2D eigenvalue weighted by Gasteiger charge is 2.18. The number of nitrogens with zero attached hydrogens (tertiary/aromatic N) is 2. The van der Waals surface area contributed by atoms with Crippen molar-refractivity contribution in [1.29, 1.82) is 0 Å². The van der Waals surface area contributed by atoms with Crippen molar-refractivity contribution in [2.75, 3.05) is 0 Å². The first-order valence-electron chi connectivity index (χ1n) is 5.15. The molecule has 0 spiro atoms. The summed E-state index contributed by atoms with van der Waals surface area (Å²) in [5.41, 5.74) is 2.38. The molecule has 0 atom stereocenters. The Balaban J connectivity index is 2.27. The van der Waals surface area contributed by atoms with E-state index in [4.69, 9.17) is 4.42 Å². The van der Waals surface area contributed by atoms with Gasteiger partial charge in [0.15, 0.2) is 5.78 Å². The quantitative estimate of drug-likeness (QED) is 0.741. The molecule has 84 valence electrons. The Morgan fingerprint density at radius 3 is 2.75 bits per heavy atom. The lowest BCUT2D eigenvalue weighted by molar-refractivity contribution is 0.0986. The van der Waals surface area contributed by atoms with Gasteiger partial charge in [0.05, 0.1) is 23.9 Å². The summed E-state index contributed by atoms with van der Waals surface area (Å²) in [5, 5.41) is 4.23. The van der Waals surface area contributed by atoms with Crippen LogP contribution in [0.4, 0.5) is 0 Å². The minimum absolute atomic E-state index is 0.0538. The minimum Gasteiger partial charge on any atom is -0.469 e. The number of Topliss-reactive ketones (excluding diaryl/α,β-unsaturated/α-hetero) is 1. The van der Waals surface area contributed by atoms with Crippen molar-refractivity contribution >= 4 is 5.78 Å². The first-order chi connectivity index (χ1) is 7.59. The molecule has 0 N–H and O–H groups in total. The molecule has 0 amide bonds. The van der Waals surface area contributed by atoms with Gasteiger partial charge in [0.2, 0.25) is 0 Å². The summed E-state index contributed by atoms with van der Waals surface area (Å²) < 4.78 is 6.89. The molecule has 0 aliphatic heterocycles. The molecule has 16 heavy (non-hydrogen) atoms. The third kappa shape index (κ3) is 1.78. The summed E-state index contributed by atoms with van der Waals surface area (Å²) in [5.74, 6) is 0.741. The van der Waals surface area contributed by atoms with Crippen LogP contribution < -0.4 is 0 Å². The van der Waals surface area contributed by atoms with Crippen LogP contribution in [-0.4, -0.2) is 15.6 Å². The van der Waals surface area contributed by atoms with Gasteiger partial charge < -0.3 is 4.42 Å². The molecule has 0 aliphatic carbocycles. The van der Waals surface area contributed by atoms with E-state index in [0.717, 1.165) is 11.4 Å². The average molecular weight is 218 g/mol. The van der Waals surface area contributed by atoms with Gasteiger partial charge in [0, 0.05) is 12.7 Å². The highest BCUT2D eigenvalue weighted by molar-refractivity contribution is 5.99. The lowest BCUT2D eigenvalue weighted by Crippen LogP contribution is -2.06. The Hall–Kier alpha value is -1.84. The van der Waals surface area contributed by atoms with Crippen molar-refractivity contribution in [3.05, 3.63) is 41.1 Å². The second-order valence-corrected chi connectivity index (χ2v) is 3.85. The number of rotatable bonds is 3. The smallest absolute Gasteiger partial charge is 0.174 e. The topological polar surface area (TPSA) is 48.0 Å². The summed E-state index contributed by atoms with van der Waals surface area (Å²) in [4.78, 5) is 12.1. The average Bonchev–Trinajstić information content (AvgIpc) is 2.77. The van der Waals surface area contributed by atoms with Crippen molar-refractivity contribution < 1.29 is 9.21 Å². The molecule has 2 aromatic heterocycles. The van der Waals surface area contributed by atoms with Gasteiger partial charge in [-0.2, -0.15) is 5.10 Å². The first-order valence-corrected chi connectivity index (χ1v) is 5.15. The number of furan rings is 1. The van der Waals surface area contributed by atoms with E-state index in [-0.39, 0.29) is 5.78 Å². The molecule has 0 aromatic carbocycles. The first kappa shape index (κ1) is 10.7. The monoisotopic (exact) mass is 218 g/mol. The molecule has 4 nitrogen and oxygen atoms in total. The fraction of sp³-hybridized carbons (Fsp3) is 0.333. The maximum atomic E-state index is 12.1. The minimum atomic E-state index is 0.0538. The lowest BCUT2D eigenvalue weighted by atomic mass is 10.1. The van der Waals surface area contributed by atoms with E-state index in [9.17, 15) is 4.79 Å². The van der Waals surface area contributed by atoms with Crippen LogP contribution in [-0.2, 0) is 13.5 Å². The summed E-state index contributed by atoms with van der Waals surface area (Å²) >= 11 is 0. The Kier molecular flexibility index (Phi) is 2.64. The lowest BCUT2D eigenvalue weighted by Gasteiger charge is -1.99. The van der Waals surface area contributed by atoms with Gasteiger partial charge >= 0.3 is 0 Å². The van der Waals surface area contributed by atoms with Gasteiger partial charge in [0.25, 0.3) is 0 Å². The van der Waals surface area contributed by atoms with Crippen LogP contribution in [0.25, 0.3) is 0 Å². The van der Waals surface area contributed by atoms with E-state index in [1.165, 1.54) is 0 Å². The normalized spacial score (nSPS) is 10.7. The van der Waals surface area contributed by atoms with E-state index in [2.05, 4.69) is 5.10 Å². The molecule has 0 bridgehead atoms. The van der Waals surface area contributed by atoms with Gasteiger partial charge in [-0.1, -0.05) is 0 Å². The molecule has 2 rings (SSSR count). The van der Waals surface area contributed by atoms with Crippen LogP contribution in [0.5, 0.6) is 0 Å². The van der Waals surface area contributed by atoms with Crippen LogP contribution in [0, 0.1) is 13.8 Å². The van der Waals surface area contributed by atoms with Crippen LogP contribution >= 0.6 is 0 Å². The summed E-state index contributed by atoms with van der Waals surface area (Å²) in [7, 11) is 1.84. The Labute approximate surface area is 93.9 Å². The number of ketones is 1. The van der Waals surface area contributed by atoms with Crippen LogP contribution in [0.15, 0.2) is 22.8 Å². The Bertz CT molecular complexity index is 509. The molecule has 0 aliphatic rings. The Morgan fingerprint density at radius 2 is 2.25 bits per heavy atom. The molecule has 0 radical (unpaired) electrons. The zero-order valence-electron chi connectivity index (χ0n) is 9.65. The van der Waals surface area contributed by atoms with Gasteiger partial charge in [-0.3, -0.25) is 9.48 Å². The molecule has 0 unspecified atom stereocenters. The van der Waals surface area contributed by atoms with Crippen molar-refractivity contribution in [1.82, 2.24) is 9.78 Å². The number of aryl methyl sites for hydroxylation is 2. The molecular weight excluding hydrogens is 204 g/mol. The van der Waals surface area contributed by atoms with Gasteiger partial charge in [-0.25, -0.2) is 0 Å². The Morgan fingerprint density at radius 1 is 1.50 bits per heavy atom. The molecular formula is C12H14N2O2. The van der Waals surface area contributed by atoms with Crippen molar-refractivity contribution in [3.8, 4) is 0 Å². The maximum absolute atomic E-state index is 12.1. The van der Waals surface area contributed by atoms with Crippen molar-refractivity contribution in [2.24, 2.45) is 7.05 Å². The number of hydrogen-bond donors (Lipinski definition) is 0. The van der Waals surface area contributed by atoms with Crippen molar-refractivity contribution in [3.63, 3.8) is 0 Å². The second kappa shape index (κ2) is 3.96. The molecule has 2 aromatic rings. The maximum Gasteiger partial charge on any atom is 0.174 e.